The monoisotopic (exact) mass is 391 g/mol. The van der Waals surface area contributed by atoms with Gasteiger partial charge >= 0.3 is 5.00 Å². The maximum atomic E-state index is 11.1. The van der Waals surface area contributed by atoms with Gasteiger partial charge in [-0.15, -0.1) is 0 Å². The fourth-order valence-corrected chi connectivity index (χ4v) is 3.84. The predicted octanol–water partition coefficient (Wildman–Crippen LogP) is 5.03. The van der Waals surface area contributed by atoms with E-state index in [4.69, 9.17) is 5.73 Å². The normalized spacial score (nSPS) is 11.2. The molecule has 1 aromatic carbocycles. The van der Waals surface area contributed by atoms with E-state index in [0.29, 0.717) is 33.3 Å². The Morgan fingerprint density at radius 2 is 1.86 bits per heavy atom. The molecule has 0 saturated heterocycles. The Kier molecular flexibility index (Phi) is 4.48. The summed E-state index contributed by atoms with van der Waals surface area (Å²) in [4.78, 5) is 24.4. The maximum absolute atomic E-state index is 11.1. The average molecular weight is 391 g/mol. The molecule has 7 nitrogen and oxygen atoms in total. The van der Waals surface area contributed by atoms with Crippen molar-refractivity contribution in [1.29, 1.82) is 0 Å². The molecule has 2 N–H and O–H groups in total. The number of nitro groups is 1. The van der Waals surface area contributed by atoms with Crippen LogP contribution in [-0.4, -0.2) is 19.9 Å². The van der Waals surface area contributed by atoms with E-state index >= 15 is 0 Å². The van der Waals surface area contributed by atoms with Crippen molar-refractivity contribution >= 4 is 33.2 Å². The van der Waals surface area contributed by atoms with E-state index in [2.05, 4.69) is 40.9 Å². The lowest BCUT2D eigenvalue weighted by molar-refractivity contribution is -0.380. The summed E-state index contributed by atoms with van der Waals surface area (Å²) in [6.07, 6.45) is 1.36. The summed E-state index contributed by atoms with van der Waals surface area (Å²) < 4.78 is 0. The Labute approximate surface area is 165 Å². The van der Waals surface area contributed by atoms with Gasteiger partial charge in [0.1, 0.15) is 12.1 Å². The van der Waals surface area contributed by atoms with E-state index < -0.39 is 4.92 Å². The lowest BCUT2D eigenvalue weighted by Crippen LogP contribution is -1.98. The third-order valence-electron chi connectivity index (χ3n) is 4.55. The van der Waals surface area contributed by atoms with Crippen LogP contribution < -0.4 is 5.73 Å². The van der Waals surface area contributed by atoms with Crippen molar-refractivity contribution < 1.29 is 4.92 Å². The molecule has 4 aromatic rings. The van der Waals surface area contributed by atoms with Gasteiger partial charge in [0.15, 0.2) is 5.65 Å². The van der Waals surface area contributed by atoms with Gasteiger partial charge in [0.25, 0.3) is 0 Å². The Hall–Kier alpha value is -3.39. The van der Waals surface area contributed by atoms with Crippen molar-refractivity contribution in [2.24, 2.45) is 0 Å². The van der Waals surface area contributed by atoms with Crippen molar-refractivity contribution in [2.75, 3.05) is 5.73 Å². The minimum atomic E-state index is -0.396. The molecule has 0 amide bonds. The summed E-state index contributed by atoms with van der Waals surface area (Å²) in [5.74, 6) is 0.772. The number of hydrogen-bond donors (Lipinski definition) is 1. The molecule has 28 heavy (non-hydrogen) atoms. The molecule has 0 aliphatic rings. The molecular weight excluding hydrogens is 374 g/mol. The molecule has 0 bridgehead atoms. The summed E-state index contributed by atoms with van der Waals surface area (Å²) in [5.41, 5.74) is 10.1. The van der Waals surface area contributed by atoms with Gasteiger partial charge in [0.05, 0.1) is 20.9 Å². The number of nitrogen functional groups attached to an aromatic ring is 1. The van der Waals surface area contributed by atoms with Crippen LogP contribution >= 0.6 is 11.3 Å². The highest BCUT2D eigenvalue weighted by Gasteiger charge is 2.18. The van der Waals surface area contributed by atoms with Gasteiger partial charge in [-0.2, -0.15) is 0 Å². The zero-order valence-corrected chi connectivity index (χ0v) is 16.1. The fraction of sp³-hybridized carbons (Fsp3) is 0.150. The second kappa shape index (κ2) is 6.97. The Morgan fingerprint density at radius 1 is 1.11 bits per heavy atom. The Morgan fingerprint density at radius 3 is 2.50 bits per heavy atom. The summed E-state index contributed by atoms with van der Waals surface area (Å²) >= 11 is 1.09. The smallest absolute Gasteiger partial charge is 0.324 e. The molecule has 0 saturated carbocycles. The molecular formula is C20H17N5O2S. The van der Waals surface area contributed by atoms with Crippen LogP contribution in [0.25, 0.3) is 32.7 Å². The van der Waals surface area contributed by atoms with Crippen LogP contribution in [0, 0.1) is 10.1 Å². The van der Waals surface area contributed by atoms with Crippen LogP contribution in [0.2, 0.25) is 0 Å². The highest BCUT2D eigenvalue weighted by atomic mass is 32.1. The molecule has 0 unspecified atom stereocenters. The summed E-state index contributed by atoms with van der Waals surface area (Å²) in [6.45, 7) is 4.28. The zero-order chi connectivity index (χ0) is 19.8. The second-order valence-electron chi connectivity index (χ2n) is 6.69. The number of benzene rings is 1. The van der Waals surface area contributed by atoms with Crippen molar-refractivity contribution in [3.63, 3.8) is 0 Å². The van der Waals surface area contributed by atoms with E-state index in [1.54, 1.807) is 6.07 Å². The van der Waals surface area contributed by atoms with Gasteiger partial charge in [-0.3, -0.25) is 10.1 Å². The standard InChI is InChI=1S/C20H17N5O2S/c1-11(2)12-3-5-13(6-4-12)14-9-15-19(21)22-10-23-20(15)24-18(14)16-7-8-17(28-16)25(26)27/h3-11H,1-2H3,(H2,21,22,23,24). The minimum absolute atomic E-state index is 0.0696. The highest BCUT2D eigenvalue weighted by molar-refractivity contribution is 7.18. The molecule has 140 valence electrons. The number of nitrogens with two attached hydrogens (primary N) is 1. The SMILES string of the molecule is CC(C)c1ccc(-c2cc3c(N)ncnc3nc2-c2ccc([N+](=O)[O-])s2)cc1. The number of pyridine rings is 1. The van der Waals surface area contributed by atoms with Crippen LogP contribution in [0.4, 0.5) is 10.8 Å². The van der Waals surface area contributed by atoms with E-state index in [9.17, 15) is 10.1 Å². The van der Waals surface area contributed by atoms with E-state index in [0.717, 1.165) is 22.5 Å². The molecule has 3 aromatic heterocycles. The number of nitrogens with zero attached hydrogens (tertiary/aromatic N) is 4. The molecule has 8 heteroatoms. The minimum Gasteiger partial charge on any atom is -0.383 e. The highest BCUT2D eigenvalue weighted by Crippen LogP contribution is 2.39. The number of aromatic nitrogens is 3. The van der Waals surface area contributed by atoms with Crippen LogP contribution in [0.3, 0.4) is 0 Å². The lowest BCUT2D eigenvalue weighted by atomic mass is 9.97. The fourth-order valence-electron chi connectivity index (χ4n) is 3.01. The first-order valence-corrected chi connectivity index (χ1v) is 9.52. The van der Waals surface area contributed by atoms with Crippen molar-refractivity contribution in [3.05, 3.63) is 64.5 Å². The summed E-state index contributed by atoms with van der Waals surface area (Å²) in [5, 5.41) is 11.8. The molecule has 0 aliphatic heterocycles. The first-order chi connectivity index (χ1) is 13.4. The topological polar surface area (TPSA) is 108 Å². The van der Waals surface area contributed by atoms with Crippen LogP contribution in [0.15, 0.2) is 48.8 Å². The summed E-state index contributed by atoms with van der Waals surface area (Å²) in [6, 6.07) is 13.3. The quantitative estimate of drug-likeness (QED) is 0.386. The first-order valence-electron chi connectivity index (χ1n) is 8.70. The number of thiophene rings is 1. The van der Waals surface area contributed by atoms with Gasteiger partial charge in [0.2, 0.25) is 0 Å². The molecule has 0 fully saturated rings. The number of hydrogen-bond acceptors (Lipinski definition) is 7. The molecule has 0 aliphatic carbocycles. The summed E-state index contributed by atoms with van der Waals surface area (Å²) in [7, 11) is 0. The van der Waals surface area contributed by atoms with Crippen molar-refractivity contribution in [2.45, 2.75) is 19.8 Å². The van der Waals surface area contributed by atoms with Gasteiger partial charge < -0.3 is 5.73 Å². The van der Waals surface area contributed by atoms with E-state index in [-0.39, 0.29) is 5.00 Å². The van der Waals surface area contributed by atoms with Crippen LogP contribution in [-0.2, 0) is 0 Å². The third kappa shape index (κ3) is 3.18. The molecule has 0 radical (unpaired) electrons. The number of rotatable bonds is 4. The molecule has 0 spiro atoms. The lowest BCUT2D eigenvalue weighted by Gasteiger charge is -2.12. The third-order valence-corrected chi connectivity index (χ3v) is 5.59. The first kappa shape index (κ1) is 18.0. The van der Waals surface area contributed by atoms with Crippen molar-refractivity contribution in [3.8, 4) is 21.7 Å². The Bertz CT molecular complexity index is 1190. The average Bonchev–Trinajstić information content (AvgIpc) is 3.18. The maximum Gasteiger partial charge on any atom is 0.324 e. The molecule has 0 atom stereocenters. The van der Waals surface area contributed by atoms with Crippen LogP contribution in [0.5, 0.6) is 0 Å². The predicted molar refractivity (Wildman–Crippen MR) is 111 cm³/mol. The second-order valence-corrected chi connectivity index (χ2v) is 7.75. The molecule has 4 rings (SSSR count). The van der Waals surface area contributed by atoms with Crippen molar-refractivity contribution in [1.82, 2.24) is 15.0 Å². The van der Waals surface area contributed by atoms with Gasteiger partial charge in [-0.1, -0.05) is 49.4 Å². The Balaban J connectivity index is 1.95. The largest absolute Gasteiger partial charge is 0.383 e. The number of anilines is 1. The number of fused-ring (bicyclic) bond motifs is 1. The van der Waals surface area contributed by atoms with Gasteiger partial charge in [-0.25, -0.2) is 15.0 Å². The van der Waals surface area contributed by atoms with E-state index in [1.165, 1.54) is 18.0 Å². The zero-order valence-electron chi connectivity index (χ0n) is 15.3. The van der Waals surface area contributed by atoms with E-state index in [1.807, 2.05) is 18.2 Å². The van der Waals surface area contributed by atoms with Gasteiger partial charge in [0, 0.05) is 11.6 Å². The van der Waals surface area contributed by atoms with Crippen LogP contribution in [0.1, 0.15) is 25.3 Å². The van der Waals surface area contributed by atoms with Gasteiger partial charge in [-0.05, 0) is 29.2 Å². The molecule has 3 heterocycles.